The summed E-state index contributed by atoms with van der Waals surface area (Å²) in [5.41, 5.74) is 3.57. The van der Waals surface area contributed by atoms with Gasteiger partial charge in [-0.05, 0) is 63.5 Å². The fourth-order valence-corrected chi connectivity index (χ4v) is 10.2. The van der Waals surface area contributed by atoms with Crippen LogP contribution in [0.2, 0.25) is 0 Å². The summed E-state index contributed by atoms with van der Waals surface area (Å²) in [7, 11) is 9.87. The summed E-state index contributed by atoms with van der Waals surface area (Å²) in [6.45, 7) is 0. The Morgan fingerprint density at radius 1 is 0.973 bits per heavy atom. The Kier molecular flexibility index (Phi) is 16.4. The Morgan fingerprint density at radius 3 is 2.05 bits per heavy atom. The van der Waals surface area contributed by atoms with Crippen molar-refractivity contribution in [1.29, 1.82) is 0 Å². The molecular weight excluding hydrogens is 717 g/mol. The monoisotopic (exact) mass is 755 g/mol. The minimum atomic E-state index is -2.90. The topological polar surface area (TPSA) is 48.0 Å². The summed E-state index contributed by atoms with van der Waals surface area (Å²) in [6.07, 6.45) is 14.9. The van der Waals surface area contributed by atoms with Crippen LogP contribution in [0, 0.1) is 6.07 Å². The first kappa shape index (κ1) is 32.6. The molecule has 37 heavy (non-hydrogen) atoms. The van der Waals surface area contributed by atoms with Crippen LogP contribution in [0.3, 0.4) is 0 Å². The summed E-state index contributed by atoms with van der Waals surface area (Å²) in [4.78, 5) is 11.3. The normalized spacial score (nSPS) is 17.1. The van der Waals surface area contributed by atoms with Gasteiger partial charge in [0.05, 0.1) is 35.6 Å². The zero-order valence-electron chi connectivity index (χ0n) is 21.8. The molecule has 2 saturated carbocycles. The Balaban J connectivity index is 0.000000275. The molecule has 2 fully saturated rings. The second kappa shape index (κ2) is 18.6. The van der Waals surface area contributed by atoms with Crippen molar-refractivity contribution in [3.8, 4) is 11.5 Å². The third-order valence-electron chi connectivity index (χ3n) is 6.89. The van der Waals surface area contributed by atoms with Gasteiger partial charge in [0.2, 0.25) is 0 Å². The van der Waals surface area contributed by atoms with Crippen LogP contribution in [0.15, 0.2) is 42.5 Å². The maximum atomic E-state index is 11.9. The minimum absolute atomic E-state index is 0.106. The summed E-state index contributed by atoms with van der Waals surface area (Å²) in [5, 5.41) is 1.75. The summed E-state index contributed by atoms with van der Waals surface area (Å²) in [6, 6.07) is 16.3. The van der Waals surface area contributed by atoms with Gasteiger partial charge in [-0.25, -0.2) is 4.89 Å². The van der Waals surface area contributed by atoms with Gasteiger partial charge < -0.3 is 14.0 Å². The molecule has 2 aliphatic rings. The van der Waals surface area contributed by atoms with Crippen molar-refractivity contribution >= 4 is 39.6 Å². The van der Waals surface area contributed by atoms with Crippen LogP contribution >= 0.6 is 17.1 Å². The van der Waals surface area contributed by atoms with Gasteiger partial charge >= 0.3 is 40.6 Å². The molecule has 212 valence electrons. The molecule has 0 aliphatic heterocycles. The first-order valence-electron chi connectivity index (χ1n) is 12.7. The Labute approximate surface area is 242 Å². The third kappa shape index (κ3) is 10.8. The zero-order chi connectivity index (χ0) is 27.0. The molecular formula is C27H39AuClFNO4PS. The Morgan fingerprint density at radius 2 is 1.54 bits per heavy atom. The van der Waals surface area contributed by atoms with Crippen LogP contribution in [0.5, 0.6) is 11.5 Å². The number of nitrogens with zero attached hydrogens (tertiary/aromatic N) is 1. The van der Waals surface area contributed by atoms with Crippen LogP contribution in [-0.4, -0.2) is 36.7 Å². The van der Waals surface area contributed by atoms with Gasteiger partial charge in [0, 0.05) is 22.0 Å². The van der Waals surface area contributed by atoms with Crippen molar-refractivity contribution in [2.75, 3.05) is 26.1 Å². The van der Waals surface area contributed by atoms with Crippen molar-refractivity contribution in [2.45, 2.75) is 75.5 Å². The predicted octanol–water partition coefficient (Wildman–Crippen LogP) is 7.30. The van der Waals surface area contributed by atoms with Gasteiger partial charge in [-0.3, -0.25) is 0 Å². The van der Waals surface area contributed by atoms with Crippen LogP contribution in [-0.2, 0) is 36.3 Å². The molecule has 0 N–H and O–H groups in total. The first-order chi connectivity index (χ1) is 18.0. The molecule has 0 amide bonds. The number of hydrogen-bond acceptors (Lipinski definition) is 5. The fraction of sp³-hybridized carbons (Fsp3) is 0.556. The van der Waals surface area contributed by atoms with E-state index in [1.54, 1.807) is 31.4 Å². The molecule has 2 aromatic carbocycles. The van der Waals surface area contributed by atoms with E-state index in [4.69, 9.17) is 0 Å². The summed E-state index contributed by atoms with van der Waals surface area (Å²) in [5.74, 6) is 0.00110. The number of anilines is 1. The average molecular weight is 756 g/mol. The van der Waals surface area contributed by atoms with Gasteiger partial charge in [0.1, 0.15) is 5.30 Å². The molecule has 0 heterocycles. The van der Waals surface area contributed by atoms with E-state index in [2.05, 4.69) is 72.5 Å². The van der Waals surface area contributed by atoms with Gasteiger partial charge in [-0.15, -0.1) is 12.1 Å². The molecule has 5 nitrogen and oxygen atoms in total. The van der Waals surface area contributed by atoms with E-state index in [1.807, 2.05) is 0 Å². The molecule has 0 spiro atoms. The molecule has 0 bridgehead atoms. The first-order valence-corrected chi connectivity index (χ1v) is 18.0. The second-order valence-electron chi connectivity index (χ2n) is 9.43. The van der Waals surface area contributed by atoms with E-state index >= 15 is 0 Å². The molecule has 0 saturated heterocycles. The van der Waals surface area contributed by atoms with Gasteiger partial charge in [-0.2, -0.15) is 16.3 Å². The maximum absolute atomic E-state index is 11.9. The van der Waals surface area contributed by atoms with Crippen LogP contribution in [0.1, 0.15) is 64.2 Å². The summed E-state index contributed by atoms with van der Waals surface area (Å²) >= 11 is -1.15. The van der Waals surface area contributed by atoms with E-state index in [0.29, 0.717) is 0 Å². The number of rotatable bonds is 8. The van der Waals surface area contributed by atoms with E-state index in [-0.39, 0.29) is 11.5 Å². The van der Waals surface area contributed by atoms with Crippen molar-refractivity contribution in [2.24, 2.45) is 0 Å². The second-order valence-corrected chi connectivity index (χ2v) is 13.1. The molecule has 10 heteroatoms. The van der Waals surface area contributed by atoms with Crippen LogP contribution < -0.4 is 19.3 Å². The van der Waals surface area contributed by atoms with E-state index < -0.39 is 19.4 Å². The number of para-hydroxylation sites is 2. The predicted molar refractivity (Wildman–Crippen MR) is 151 cm³/mol. The molecule has 2 aromatic rings. The van der Waals surface area contributed by atoms with Gasteiger partial charge in [-0.1, -0.05) is 28.9 Å². The SMILES string of the molecule is CN(C)c1ccccc1[PH+](C1CCCCC1)C1CCCCC1.COOc1ccc[c-]c1OS(=O)F.[Cl][Au]. The van der Waals surface area contributed by atoms with E-state index in [9.17, 15) is 8.09 Å². The molecule has 4 rings (SSSR count). The number of hydrogen-bond donors (Lipinski definition) is 0. The molecule has 1 unspecified atom stereocenters. The van der Waals surface area contributed by atoms with Crippen LogP contribution in [0.4, 0.5) is 9.57 Å². The van der Waals surface area contributed by atoms with Gasteiger partial charge in [0.25, 0.3) is 0 Å². The quantitative estimate of drug-likeness (QED) is 0.0708. The molecule has 0 aromatic heterocycles. The Hall–Kier alpha value is -0.660. The van der Waals surface area contributed by atoms with E-state index in [0.717, 1.165) is 11.3 Å². The number of halogens is 2. The van der Waals surface area contributed by atoms with Crippen molar-refractivity contribution in [3.63, 3.8) is 0 Å². The molecule has 1 atom stereocenters. The third-order valence-corrected chi connectivity index (χ3v) is 11.1. The van der Waals surface area contributed by atoms with Crippen LogP contribution in [0.25, 0.3) is 0 Å². The van der Waals surface area contributed by atoms with Crippen molar-refractivity contribution in [3.05, 3.63) is 48.5 Å². The Bertz CT molecular complexity index is 915. The van der Waals surface area contributed by atoms with Gasteiger partial charge in [0.15, 0.2) is 0 Å². The van der Waals surface area contributed by atoms with Crippen molar-refractivity contribution < 1.29 is 42.0 Å². The zero-order valence-corrected chi connectivity index (χ0v) is 26.6. The number of benzene rings is 2. The fourth-order valence-electron chi connectivity index (χ4n) is 5.40. The van der Waals surface area contributed by atoms with E-state index in [1.165, 1.54) is 89.1 Å². The molecule has 2 aliphatic carbocycles. The summed E-state index contributed by atoms with van der Waals surface area (Å²) < 4.78 is 26.3. The van der Waals surface area contributed by atoms with Crippen molar-refractivity contribution in [1.82, 2.24) is 0 Å². The average Bonchev–Trinajstić information content (AvgIpc) is 2.93. The molecule has 0 radical (unpaired) electrons. The standard InChI is InChI=1S/C20H32NP.C7H6FO4S.Au.ClH/c1-21(2)19-15-9-10-16-20(19)22(17-11-5-3-6-12-17)18-13-7-4-8-14-18;1-10-11-6-4-2-3-5-7(6)12-13(8)9;;/h9-10,15-18H,3-8,11-14H2,1-2H3;2-4H,1H3;;1H/q;-1;+1;.